The highest BCUT2D eigenvalue weighted by Crippen LogP contribution is 2.29. The van der Waals surface area contributed by atoms with E-state index in [1.54, 1.807) is 6.92 Å². The molecule has 0 radical (unpaired) electrons. The van der Waals surface area contributed by atoms with Gasteiger partial charge in [-0.2, -0.15) is 13.2 Å². The fourth-order valence-corrected chi connectivity index (χ4v) is 0.800. The van der Waals surface area contributed by atoms with E-state index >= 15 is 0 Å². The van der Waals surface area contributed by atoms with Crippen molar-refractivity contribution < 1.29 is 18.0 Å². The van der Waals surface area contributed by atoms with Crippen LogP contribution in [0.3, 0.4) is 0 Å². The molecule has 0 unspecified atom stereocenters. The molecule has 0 rings (SSSR count). The zero-order valence-electron chi connectivity index (χ0n) is 6.07. The van der Waals surface area contributed by atoms with Crippen LogP contribution in [0.2, 0.25) is 0 Å². The first kappa shape index (κ1) is 11.1. The first-order chi connectivity index (χ1) is 5.06. The van der Waals surface area contributed by atoms with Crippen molar-refractivity contribution >= 4 is 11.8 Å². The van der Waals surface area contributed by atoms with Crippen LogP contribution in [0.4, 0.5) is 13.2 Å². The molecule has 0 fully saturated rings. The van der Waals surface area contributed by atoms with Gasteiger partial charge in [-0.05, 0) is 18.7 Å². The van der Waals surface area contributed by atoms with Gasteiger partial charge in [0.05, 0.1) is 6.61 Å². The average molecular weight is 189 g/mol. The highest BCUT2D eigenvalue weighted by Gasteiger charge is 2.27. The smallest absolute Gasteiger partial charge is 0.302 e. The normalized spacial score (nSPS) is 12.0. The highest BCUT2D eigenvalue weighted by molar-refractivity contribution is 8.00. The Hall–Kier alpha value is 0.0600. The summed E-state index contributed by atoms with van der Waals surface area (Å²) in [5.74, 6) is -0.0243. The number of halogens is 3. The molecule has 0 saturated carbocycles. The monoisotopic (exact) mass is 189 g/mol. The van der Waals surface area contributed by atoms with Gasteiger partial charge in [-0.1, -0.05) is 0 Å². The number of alkyl halides is 3. The second kappa shape index (κ2) is 5.68. The van der Waals surface area contributed by atoms with E-state index in [0.717, 1.165) is 0 Å². The zero-order chi connectivity index (χ0) is 8.74. The van der Waals surface area contributed by atoms with Crippen molar-refractivity contribution in [1.29, 1.82) is 0 Å². The SMILES string of the molecule is CCONCCSC(F)(F)F. The van der Waals surface area contributed by atoms with Crippen LogP contribution in [0.1, 0.15) is 6.92 Å². The number of hydrogen-bond donors (Lipinski definition) is 1. The van der Waals surface area contributed by atoms with Gasteiger partial charge in [-0.25, -0.2) is 5.48 Å². The maximum absolute atomic E-state index is 11.5. The van der Waals surface area contributed by atoms with Crippen molar-refractivity contribution in [2.45, 2.75) is 12.4 Å². The van der Waals surface area contributed by atoms with E-state index in [1.165, 1.54) is 0 Å². The molecule has 0 saturated heterocycles. The van der Waals surface area contributed by atoms with Gasteiger partial charge >= 0.3 is 5.51 Å². The summed E-state index contributed by atoms with van der Waals surface area (Å²) in [7, 11) is 0. The van der Waals surface area contributed by atoms with Crippen LogP contribution in [0.15, 0.2) is 0 Å². The Kier molecular flexibility index (Phi) is 5.71. The first-order valence-corrected chi connectivity index (χ1v) is 4.10. The van der Waals surface area contributed by atoms with Crippen molar-refractivity contribution in [2.75, 3.05) is 18.9 Å². The molecule has 2 nitrogen and oxygen atoms in total. The van der Waals surface area contributed by atoms with Gasteiger partial charge in [0, 0.05) is 12.3 Å². The van der Waals surface area contributed by atoms with Gasteiger partial charge < -0.3 is 4.84 Å². The predicted molar refractivity (Wildman–Crippen MR) is 38.1 cm³/mol. The number of thioether (sulfide) groups is 1. The third-order valence-corrected chi connectivity index (χ3v) is 1.45. The fourth-order valence-electron chi connectivity index (χ4n) is 0.383. The summed E-state index contributed by atoms with van der Waals surface area (Å²) in [6.45, 7) is 2.42. The van der Waals surface area contributed by atoms with Gasteiger partial charge in [-0.15, -0.1) is 0 Å². The van der Waals surface area contributed by atoms with E-state index in [9.17, 15) is 13.2 Å². The van der Waals surface area contributed by atoms with E-state index in [4.69, 9.17) is 0 Å². The largest absolute Gasteiger partial charge is 0.441 e. The summed E-state index contributed by atoms with van der Waals surface area (Å²) >= 11 is -0.0585. The molecule has 0 bridgehead atoms. The Labute approximate surface area is 67.4 Å². The maximum atomic E-state index is 11.5. The van der Waals surface area contributed by atoms with Crippen LogP contribution in [0.25, 0.3) is 0 Å². The van der Waals surface area contributed by atoms with Crippen LogP contribution >= 0.6 is 11.8 Å². The van der Waals surface area contributed by atoms with Crippen molar-refractivity contribution in [3.8, 4) is 0 Å². The summed E-state index contributed by atoms with van der Waals surface area (Å²) in [5, 5.41) is 0. The summed E-state index contributed by atoms with van der Waals surface area (Å²) < 4.78 is 34.4. The molecule has 0 aliphatic heterocycles. The Balaban J connectivity index is 3.02. The molecule has 1 N–H and O–H groups in total. The maximum Gasteiger partial charge on any atom is 0.441 e. The van der Waals surface area contributed by atoms with E-state index in [-0.39, 0.29) is 24.1 Å². The second-order valence-corrected chi connectivity index (χ2v) is 2.78. The molecule has 11 heavy (non-hydrogen) atoms. The van der Waals surface area contributed by atoms with Crippen LogP contribution in [0, 0.1) is 0 Å². The molecule has 0 aliphatic rings. The van der Waals surface area contributed by atoms with Gasteiger partial charge in [0.2, 0.25) is 0 Å². The van der Waals surface area contributed by atoms with Gasteiger partial charge in [-0.3, -0.25) is 0 Å². The molecule has 0 aliphatic carbocycles. The van der Waals surface area contributed by atoms with Gasteiger partial charge in [0.25, 0.3) is 0 Å². The van der Waals surface area contributed by atoms with E-state index in [0.29, 0.717) is 6.61 Å². The standard InChI is InChI=1S/C5H10F3NOS/c1-2-10-9-3-4-11-5(6,7)8/h9H,2-4H2,1H3. The minimum Gasteiger partial charge on any atom is -0.302 e. The quantitative estimate of drug-likeness (QED) is 0.526. The van der Waals surface area contributed by atoms with Crippen molar-refractivity contribution in [1.82, 2.24) is 5.48 Å². The summed E-state index contributed by atoms with van der Waals surface area (Å²) in [5.41, 5.74) is -1.74. The molecule has 0 aromatic carbocycles. The Morgan fingerprint density at radius 2 is 2.09 bits per heavy atom. The first-order valence-electron chi connectivity index (χ1n) is 3.11. The lowest BCUT2D eigenvalue weighted by atomic mass is 10.8. The number of nitrogens with one attached hydrogen (secondary N) is 1. The minimum atomic E-state index is -4.13. The summed E-state index contributed by atoms with van der Waals surface area (Å²) in [6, 6.07) is 0. The van der Waals surface area contributed by atoms with Gasteiger partial charge in [0.1, 0.15) is 0 Å². The summed E-state index contributed by atoms with van der Waals surface area (Å²) in [4.78, 5) is 4.62. The molecule has 0 aromatic rings. The lowest BCUT2D eigenvalue weighted by Gasteiger charge is -2.05. The zero-order valence-corrected chi connectivity index (χ0v) is 6.89. The number of hydroxylamine groups is 1. The fraction of sp³-hybridized carbons (Fsp3) is 1.00. The van der Waals surface area contributed by atoms with Crippen LogP contribution in [-0.2, 0) is 4.84 Å². The van der Waals surface area contributed by atoms with Crippen molar-refractivity contribution in [2.24, 2.45) is 0 Å². The van der Waals surface area contributed by atoms with E-state index < -0.39 is 5.51 Å². The molecule has 6 heteroatoms. The van der Waals surface area contributed by atoms with Crippen molar-refractivity contribution in [3.63, 3.8) is 0 Å². The lowest BCUT2D eigenvalue weighted by molar-refractivity contribution is -0.0329. The summed E-state index contributed by atoms with van der Waals surface area (Å²) in [6.07, 6.45) is 0. The van der Waals surface area contributed by atoms with E-state index in [2.05, 4.69) is 10.3 Å². The molecular weight excluding hydrogens is 179 g/mol. The molecule has 0 atom stereocenters. The Bertz CT molecular complexity index is 98.2. The molecule has 0 amide bonds. The molecular formula is C5H10F3NOS. The highest BCUT2D eigenvalue weighted by atomic mass is 32.2. The lowest BCUT2D eigenvalue weighted by Crippen LogP contribution is -2.19. The van der Waals surface area contributed by atoms with Crippen molar-refractivity contribution in [3.05, 3.63) is 0 Å². The van der Waals surface area contributed by atoms with E-state index in [1.807, 2.05) is 0 Å². The van der Waals surface area contributed by atoms with Crippen LogP contribution in [-0.4, -0.2) is 24.4 Å². The molecule has 0 spiro atoms. The second-order valence-electron chi connectivity index (χ2n) is 1.62. The Morgan fingerprint density at radius 3 is 2.55 bits per heavy atom. The third kappa shape index (κ3) is 10.1. The molecule has 0 heterocycles. The Morgan fingerprint density at radius 1 is 1.45 bits per heavy atom. The third-order valence-electron chi connectivity index (χ3n) is 0.716. The minimum absolute atomic E-state index is 0.0243. The number of rotatable bonds is 5. The predicted octanol–water partition coefficient (Wildman–Crippen LogP) is 1.78. The molecule has 68 valence electrons. The molecule has 0 aromatic heterocycles. The topological polar surface area (TPSA) is 21.3 Å². The number of hydrogen-bond acceptors (Lipinski definition) is 3. The average Bonchev–Trinajstić information content (AvgIpc) is 1.85. The van der Waals surface area contributed by atoms with Gasteiger partial charge in [0.15, 0.2) is 0 Å². The van der Waals surface area contributed by atoms with Crippen LogP contribution < -0.4 is 5.48 Å². The van der Waals surface area contributed by atoms with Crippen LogP contribution in [0.5, 0.6) is 0 Å².